The van der Waals surface area contributed by atoms with Gasteiger partial charge in [0.1, 0.15) is 11.4 Å². The Morgan fingerprint density at radius 3 is 2.59 bits per heavy atom. The Morgan fingerprint density at radius 2 is 1.88 bits per heavy atom. The quantitative estimate of drug-likeness (QED) is 0.387. The van der Waals surface area contributed by atoms with Crippen LogP contribution in [0.3, 0.4) is 0 Å². The number of rotatable bonds is 3. The van der Waals surface area contributed by atoms with Gasteiger partial charge in [0.15, 0.2) is 5.69 Å². The number of nitrogens with one attached hydrogen (secondary N) is 1. The molecule has 1 aromatic heterocycles. The van der Waals surface area contributed by atoms with Crippen molar-refractivity contribution in [1.29, 1.82) is 0 Å². The van der Waals surface area contributed by atoms with Crippen molar-refractivity contribution in [2.75, 3.05) is 26.3 Å². The van der Waals surface area contributed by atoms with Gasteiger partial charge < -0.3 is 9.47 Å². The second-order valence-corrected chi connectivity index (χ2v) is 10.5. The summed E-state index contributed by atoms with van der Waals surface area (Å²) in [5.41, 5.74) is 5.40. The third-order valence-corrected chi connectivity index (χ3v) is 6.88. The standard InChI is InChI=1S/C23H21Cl2IN4O3.ClH/c1-23(2)19-20(22(31)28-29-7-9-32-10-8-29)27-30(17-6-3-13(24)11-16(17)25)21(19)15-5-4-14(26)12-18(15)33-23;/h3-6,11-12H,7-10H2,1-2H3,(H,28,31);1H. The molecule has 1 fully saturated rings. The molecule has 0 unspecified atom stereocenters. The molecule has 1 N–H and O–H groups in total. The van der Waals surface area contributed by atoms with Gasteiger partial charge in [-0.05, 0) is 72.8 Å². The van der Waals surface area contributed by atoms with Crippen LogP contribution in [0.1, 0.15) is 29.9 Å². The van der Waals surface area contributed by atoms with E-state index in [-0.39, 0.29) is 24.0 Å². The topological polar surface area (TPSA) is 68.6 Å². The summed E-state index contributed by atoms with van der Waals surface area (Å²) >= 11 is 15.0. The summed E-state index contributed by atoms with van der Waals surface area (Å²) in [5.74, 6) is 0.424. The zero-order valence-corrected chi connectivity index (χ0v) is 22.9. The van der Waals surface area contributed by atoms with Gasteiger partial charge >= 0.3 is 0 Å². The second-order valence-electron chi connectivity index (χ2n) is 8.37. The molecule has 2 aliphatic heterocycles. The number of hydrogen-bond donors (Lipinski definition) is 1. The van der Waals surface area contributed by atoms with Gasteiger partial charge in [-0.2, -0.15) is 5.10 Å². The summed E-state index contributed by atoms with van der Waals surface area (Å²) in [4.78, 5) is 13.4. The number of carbonyl (C=O) groups is 1. The van der Waals surface area contributed by atoms with Crippen LogP contribution in [-0.4, -0.2) is 47.0 Å². The zero-order chi connectivity index (χ0) is 23.3. The average molecular weight is 636 g/mol. The molecule has 0 atom stereocenters. The first-order valence-electron chi connectivity index (χ1n) is 10.5. The Balaban J connectivity index is 0.00000274. The molecule has 2 aromatic carbocycles. The number of hydrazine groups is 1. The summed E-state index contributed by atoms with van der Waals surface area (Å²) in [7, 11) is 0. The van der Waals surface area contributed by atoms with E-state index < -0.39 is 5.60 Å². The van der Waals surface area contributed by atoms with Gasteiger partial charge in [0.05, 0.1) is 35.2 Å². The van der Waals surface area contributed by atoms with Crippen LogP contribution in [0.15, 0.2) is 36.4 Å². The Morgan fingerprint density at radius 1 is 1.15 bits per heavy atom. The number of ether oxygens (including phenoxy) is 2. The second kappa shape index (κ2) is 9.83. The van der Waals surface area contributed by atoms with E-state index in [1.54, 1.807) is 22.9 Å². The molecule has 7 nitrogen and oxygen atoms in total. The molecule has 11 heteroatoms. The smallest absolute Gasteiger partial charge is 0.286 e. The van der Waals surface area contributed by atoms with E-state index in [1.165, 1.54) is 0 Å². The first kappa shape index (κ1) is 25.5. The van der Waals surface area contributed by atoms with E-state index in [0.29, 0.717) is 47.6 Å². The van der Waals surface area contributed by atoms with Crippen molar-refractivity contribution in [3.8, 4) is 22.7 Å². The molecule has 1 saturated heterocycles. The van der Waals surface area contributed by atoms with Crippen molar-refractivity contribution in [2.45, 2.75) is 19.4 Å². The maximum absolute atomic E-state index is 13.4. The van der Waals surface area contributed by atoms with Crippen molar-refractivity contribution in [3.05, 3.63) is 61.3 Å². The number of halogens is 4. The largest absolute Gasteiger partial charge is 0.482 e. The lowest BCUT2D eigenvalue weighted by Crippen LogP contribution is -2.49. The minimum absolute atomic E-state index is 0. The maximum atomic E-state index is 13.4. The fraction of sp³-hybridized carbons (Fsp3) is 0.304. The van der Waals surface area contributed by atoms with Crippen LogP contribution in [0.25, 0.3) is 16.9 Å². The lowest BCUT2D eigenvalue weighted by atomic mass is 9.89. The molecule has 0 radical (unpaired) electrons. The third kappa shape index (κ3) is 4.64. The van der Waals surface area contributed by atoms with Crippen LogP contribution in [-0.2, 0) is 10.3 Å². The van der Waals surface area contributed by atoms with E-state index in [2.05, 4.69) is 28.0 Å². The SMILES string of the molecule is CC1(C)Oc2cc(I)ccc2-c2c1c(C(=O)NN1CCOCC1)nn2-c1ccc(Cl)cc1Cl.Cl. The van der Waals surface area contributed by atoms with Crippen LogP contribution < -0.4 is 10.2 Å². The van der Waals surface area contributed by atoms with Crippen LogP contribution in [0.4, 0.5) is 0 Å². The molecular weight excluding hydrogens is 614 g/mol. The molecule has 180 valence electrons. The van der Waals surface area contributed by atoms with E-state index in [9.17, 15) is 4.79 Å². The monoisotopic (exact) mass is 634 g/mol. The Kier molecular flexibility index (Phi) is 7.38. The van der Waals surface area contributed by atoms with Gasteiger partial charge in [0.25, 0.3) is 5.91 Å². The highest BCUT2D eigenvalue weighted by Gasteiger charge is 2.41. The molecule has 0 saturated carbocycles. The highest BCUT2D eigenvalue weighted by atomic mass is 127. The first-order chi connectivity index (χ1) is 15.7. The lowest BCUT2D eigenvalue weighted by Gasteiger charge is -2.34. The number of hydrogen-bond acceptors (Lipinski definition) is 5. The molecular formula is C23H22Cl3IN4O3. The molecule has 34 heavy (non-hydrogen) atoms. The van der Waals surface area contributed by atoms with Gasteiger partial charge in [-0.15, -0.1) is 12.4 Å². The van der Waals surface area contributed by atoms with Crippen LogP contribution in [0.5, 0.6) is 5.75 Å². The zero-order valence-electron chi connectivity index (χ0n) is 18.4. The summed E-state index contributed by atoms with van der Waals surface area (Å²) in [6.07, 6.45) is 0. The number of morpholine rings is 1. The van der Waals surface area contributed by atoms with Crippen molar-refractivity contribution in [2.24, 2.45) is 0 Å². The fourth-order valence-electron chi connectivity index (χ4n) is 4.20. The number of benzene rings is 2. The van der Waals surface area contributed by atoms with Gasteiger partial charge in [0, 0.05) is 27.2 Å². The van der Waals surface area contributed by atoms with Crippen LogP contribution in [0.2, 0.25) is 10.0 Å². The molecule has 3 aromatic rings. The summed E-state index contributed by atoms with van der Waals surface area (Å²) in [6.45, 7) is 6.23. The molecule has 5 rings (SSSR count). The Labute approximate surface area is 227 Å². The van der Waals surface area contributed by atoms with E-state index >= 15 is 0 Å². The molecule has 3 heterocycles. The predicted octanol–water partition coefficient (Wildman–Crippen LogP) is 5.48. The van der Waals surface area contributed by atoms with Crippen LogP contribution in [0, 0.1) is 3.57 Å². The molecule has 0 aliphatic carbocycles. The van der Waals surface area contributed by atoms with Crippen molar-refractivity contribution < 1.29 is 14.3 Å². The van der Waals surface area contributed by atoms with Gasteiger partial charge in [-0.25, -0.2) is 9.69 Å². The number of fused-ring (bicyclic) bond motifs is 3. The number of carbonyl (C=O) groups excluding carboxylic acids is 1. The molecule has 0 spiro atoms. The van der Waals surface area contributed by atoms with Crippen molar-refractivity contribution >= 4 is 64.1 Å². The first-order valence-corrected chi connectivity index (χ1v) is 12.3. The number of aromatic nitrogens is 2. The minimum atomic E-state index is -0.804. The average Bonchev–Trinajstić information content (AvgIpc) is 3.16. The maximum Gasteiger partial charge on any atom is 0.286 e. The third-order valence-electron chi connectivity index (χ3n) is 5.68. The van der Waals surface area contributed by atoms with Gasteiger partial charge in [-0.1, -0.05) is 23.2 Å². The lowest BCUT2D eigenvalue weighted by molar-refractivity contribution is 0.0122. The summed E-state index contributed by atoms with van der Waals surface area (Å²) in [5, 5.41) is 7.58. The number of amides is 1. The fourth-order valence-corrected chi connectivity index (χ4v) is 5.15. The summed E-state index contributed by atoms with van der Waals surface area (Å²) in [6, 6.07) is 11.2. The van der Waals surface area contributed by atoms with Crippen molar-refractivity contribution in [1.82, 2.24) is 20.2 Å². The number of nitrogens with zero attached hydrogens (tertiary/aromatic N) is 3. The Bertz CT molecular complexity index is 1260. The van der Waals surface area contributed by atoms with Gasteiger partial charge in [0.2, 0.25) is 0 Å². The minimum Gasteiger partial charge on any atom is -0.482 e. The molecule has 0 bridgehead atoms. The summed E-state index contributed by atoms with van der Waals surface area (Å²) < 4.78 is 14.5. The normalized spacial score (nSPS) is 16.6. The highest BCUT2D eigenvalue weighted by Crippen LogP contribution is 2.48. The highest BCUT2D eigenvalue weighted by molar-refractivity contribution is 14.1. The van der Waals surface area contributed by atoms with E-state index in [1.807, 2.05) is 37.1 Å². The van der Waals surface area contributed by atoms with E-state index in [4.69, 9.17) is 37.8 Å². The molecule has 1 amide bonds. The van der Waals surface area contributed by atoms with Crippen LogP contribution >= 0.6 is 58.2 Å². The Hall–Kier alpha value is -1.56. The van der Waals surface area contributed by atoms with Crippen molar-refractivity contribution in [3.63, 3.8) is 0 Å². The predicted molar refractivity (Wildman–Crippen MR) is 142 cm³/mol. The molecule has 2 aliphatic rings. The van der Waals surface area contributed by atoms with Gasteiger partial charge in [-0.3, -0.25) is 10.2 Å². The van der Waals surface area contributed by atoms with E-state index in [0.717, 1.165) is 20.6 Å².